The molecule has 0 bridgehead atoms. The highest BCUT2D eigenvalue weighted by atomic mass is 19.4. The summed E-state index contributed by atoms with van der Waals surface area (Å²) in [6, 6.07) is 0.512. The van der Waals surface area contributed by atoms with E-state index in [4.69, 9.17) is 0 Å². The molecule has 2 aliphatic rings. The Kier molecular flexibility index (Phi) is 5.09. The van der Waals surface area contributed by atoms with Crippen molar-refractivity contribution in [2.45, 2.75) is 32.0 Å². The molecule has 6 heteroatoms. The second kappa shape index (κ2) is 6.41. The first-order valence-electron chi connectivity index (χ1n) is 7.17. The normalized spacial score (nSPS) is 31.6. The summed E-state index contributed by atoms with van der Waals surface area (Å²) in [5, 5.41) is 3.51. The molecular weight excluding hydrogens is 255 g/mol. The third kappa shape index (κ3) is 5.28. The molecule has 2 atom stereocenters. The number of nitrogens with zero attached hydrogens (tertiary/aromatic N) is 2. The van der Waals surface area contributed by atoms with Gasteiger partial charge in [0.15, 0.2) is 0 Å². The zero-order valence-corrected chi connectivity index (χ0v) is 11.5. The Morgan fingerprint density at radius 1 is 1.11 bits per heavy atom. The van der Waals surface area contributed by atoms with Gasteiger partial charge in [0.2, 0.25) is 0 Å². The minimum atomic E-state index is -4.07. The van der Waals surface area contributed by atoms with Crippen molar-refractivity contribution in [3.63, 3.8) is 0 Å². The van der Waals surface area contributed by atoms with Crippen LogP contribution in [0.5, 0.6) is 0 Å². The SMILES string of the molecule is CC1CCNC(CN2CCN(CC(F)(F)F)CC2)C1. The summed E-state index contributed by atoms with van der Waals surface area (Å²) in [6.07, 6.45) is -1.65. The summed E-state index contributed by atoms with van der Waals surface area (Å²) in [5.74, 6) is 0.762. The number of hydrogen-bond acceptors (Lipinski definition) is 3. The van der Waals surface area contributed by atoms with Crippen molar-refractivity contribution in [1.29, 1.82) is 0 Å². The third-order valence-electron chi connectivity index (χ3n) is 4.10. The van der Waals surface area contributed by atoms with Gasteiger partial charge >= 0.3 is 6.18 Å². The zero-order chi connectivity index (χ0) is 13.9. The average Bonchev–Trinajstić information content (AvgIpc) is 2.30. The van der Waals surface area contributed by atoms with Gasteiger partial charge < -0.3 is 5.32 Å². The van der Waals surface area contributed by atoms with Gasteiger partial charge in [-0.2, -0.15) is 13.2 Å². The molecule has 3 nitrogen and oxygen atoms in total. The monoisotopic (exact) mass is 279 g/mol. The molecule has 0 radical (unpaired) electrons. The molecular formula is C13H24F3N3. The maximum Gasteiger partial charge on any atom is 0.401 e. The Balaban J connectivity index is 1.68. The molecule has 2 unspecified atom stereocenters. The van der Waals surface area contributed by atoms with E-state index in [1.807, 2.05) is 0 Å². The Morgan fingerprint density at radius 3 is 2.32 bits per heavy atom. The van der Waals surface area contributed by atoms with Crippen LogP contribution in [0.15, 0.2) is 0 Å². The van der Waals surface area contributed by atoms with E-state index in [0.717, 1.165) is 32.1 Å². The van der Waals surface area contributed by atoms with E-state index >= 15 is 0 Å². The van der Waals surface area contributed by atoms with E-state index in [9.17, 15) is 13.2 Å². The highest BCUT2D eigenvalue weighted by Crippen LogP contribution is 2.19. The minimum Gasteiger partial charge on any atom is -0.313 e. The number of piperazine rings is 1. The lowest BCUT2D eigenvalue weighted by atomic mass is 9.94. The molecule has 2 saturated heterocycles. The molecule has 1 N–H and O–H groups in total. The van der Waals surface area contributed by atoms with Gasteiger partial charge in [-0.15, -0.1) is 0 Å². The van der Waals surface area contributed by atoms with Crippen LogP contribution < -0.4 is 5.32 Å². The third-order valence-corrected chi connectivity index (χ3v) is 4.10. The summed E-state index contributed by atoms with van der Waals surface area (Å²) >= 11 is 0. The fraction of sp³-hybridized carbons (Fsp3) is 1.00. The van der Waals surface area contributed by atoms with Gasteiger partial charge in [0.25, 0.3) is 0 Å². The Labute approximate surface area is 113 Å². The standard InChI is InChI=1S/C13H24F3N3/c1-11-2-3-17-12(8-11)9-18-4-6-19(7-5-18)10-13(14,15)16/h11-12,17H,2-10H2,1H3. The van der Waals surface area contributed by atoms with E-state index < -0.39 is 12.7 Å². The molecule has 0 aromatic rings. The Bertz CT molecular complexity index is 275. The van der Waals surface area contributed by atoms with Gasteiger partial charge in [-0.1, -0.05) is 6.92 Å². The number of nitrogens with one attached hydrogen (secondary N) is 1. The maximum absolute atomic E-state index is 12.3. The first kappa shape index (κ1) is 15.1. The number of halogens is 3. The maximum atomic E-state index is 12.3. The van der Waals surface area contributed by atoms with Gasteiger partial charge in [-0.05, 0) is 25.3 Å². The predicted octanol–water partition coefficient (Wildman–Crippen LogP) is 1.55. The molecule has 0 aromatic heterocycles. The summed E-state index contributed by atoms with van der Waals surface area (Å²) in [5.41, 5.74) is 0. The molecule has 19 heavy (non-hydrogen) atoms. The molecule has 0 spiro atoms. The first-order valence-corrected chi connectivity index (χ1v) is 7.17. The second-order valence-electron chi connectivity index (χ2n) is 5.97. The highest BCUT2D eigenvalue weighted by molar-refractivity contribution is 4.82. The fourth-order valence-corrected chi connectivity index (χ4v) is 3.06. The van der Waals surface area contributed by atoms with E-state index in [0.29, 0.717) is 19.1 Å². The fourth-order valence-electron chi connectivity index (χ4n) is 3.06. The lowest BCUT2D eigenvalue weighted by molar-refractivity contribution is -0.149. The highest BCUT2D eigenvalue weighted by Gasteiger charge is 2.32. The van der Waals surface area contributed by atoms with Gasteiger partial charge in [-0.25, -0.2) is 0 Å². The zero-order valence-electron chi connectivity index (χ0n) is 11.5. The van der Waals surface area contributed by atoms with Gasteiger partial charge in [0.05, 0.1) is 6.54 Å². The molecule has 2 fully saturated rings. The van der Waals surface area contributed by atoms with Crippen molar-refractivity contribution < 1.29 is 13.2 Å². The van der Waals surface area contributed by atoms with Crippen LogP contribution in [0.3, 0.4) is 0 Å². The van der Waals surface area contributed by atoms with E-state index in [-0.39, 0.29) is 0 Å². The van der Waals surface area contributed by atoms with Gasteiger partial charge in [0, 0.05) is 38.8 Å². The summed E-state index contributed by atoms with van der Waals surface area (Å²) in [4.78, 5) is 3.80. The molecule has 2 aliphatic heterocycles. The van der Waals surface area contributed by atoms with Crippen LogP contribution in [0, 0.1) is 5.92 Å². The first-order chi connectivity index (χ1) is 8.92. The smallest absolute Gasteiger partial charge is 0.313 e. The van der Waals surface area contributed by atoms with E-state index in [1.165, 1.54) is 17.7 Å². The van der Waals surface area contributed by atoms with Crippen LogP contribution in [-0.4, -0.2) is 67.8 Å². The summed E-state index contributed by atoms with van der Waals surface area (Å²) in [6.45, 7) is 6.12. The number of alkyl halides is 3. The summed E-state index contributed by atoms with van der Waals surface area (Å²) in [7, 11) is 0. The molecule has 2 heterocycles. The quantitative estimate of drug-likeness (QED) is 0.846. The molecule has 112 valence electrons. The van der Waals surface area contributed by atoms with E-state index in [2.05, 4.69) is 17.1 Å². The lowest BCUT2D eigenvalue weighted by Crippen LogP contribution is -2.53. The van der Waals surface area contributed by atoms with Crippen LogP contribution >= 0.6 is 0 Å². The molecule has 0 saturated carbocycles. The lowest BCUT2D eigenvalue weighted by Gasteiger charge is -2.38. The van der Waals surface area contributed by atoms with Crippen LogP contribution in [0.4, 0.5) is 13.2 Å². The number of rotatable bonds is 3. The summed E-state index contributed by atoms with van der Waals surface area (Å²) < 4.78 is 36.9. The minimum absolute atomic E-state index is 0.512. The van der Waals surface area contributed by atoms with Gasteiger partial charge in [-0.3, -0.25) is 9.80 Å². The molecule has 2 rings (SSSR count). The number of hydrogen-bond donors (Lipinski definition) is 1. The average molecular weight is 279 g/mol. The van der Waals surface area contributed by atoms with Crippen molar-refractivity contribution in [2.75, 3.05) is 45.8 Å². The second-order valence-corrected chi connectivity index (χ2v) is 5.97. The van der Waals surface area contributed by atoms with Crippen LogP contribution in [0.1, 0.15) is 19.8 Å². The molecule has 0 aromatic carbocycles. The largest absolute Gasteiger partial charge is 0.401 e. The van der Waals surface area contributed by atoms with Crippen LogP contribution in [0.25, 0.3) is 0 Å². The topological polar surface area (TPSA) is 18.5 Å². The molecule has 0 aliphatic carbocycles. The molecule has 0 amide bonds. The number of piperidine rings is 1. The van der Waals surface area contributed by atoms with Crippen molar-refractivity contribution >= 4 is 0 Å². The Hall–Kier alpha value is -0.330. The van der Waals surface area contributed by atoms with Crippen molar-refractivity contribution in [3.8, 4) is 0 Å². The van der Waals surface area contributed by atoms with E-state index in [1.54, 1.807) is 0 Å². The van der Waals surface area contributed by atoms with Gasteiger partial charge in [0.1, 0.15) is 0 Å². The van der Waals surface area contributed by atoms with Crippen molar-refractivity contribution in [2.24, 2.45) is 5.92 Å². The van der Waals surface area contributed by atoms with Crippen LogP contribution in [0.2, 0.25) is 0 Å². The van der Waals surface area contributed by atoms with Crippen molar-refractivity contribution in [1.82, 2.24) is 15.1 Å². The Morgan fingerprint density at radius 2 is 1.74 bits per heavy atom. The van der Waals surface area contributed by atoms with Crippen molar-refractivity contribution in [3.05, 3.63) is 0 Å². The van der Waals surface area contributed by atoms with Crippen LogP contribution in [-0.2, 0) is 0 Å². The predicted molar refractivity (Wildman–Crippen MR) is 69.1 cm³/mol.